The summed E-state index contributed by atoms with van der Waals surface area (Å²) in [5.41, 5.74) is -1.34. The second-order valence-electron chi connectivity index (χ2n) is 4.92. The van der Waals surface area contributed by atoms with Crippen LogP contribution in [0.3, 0.4) is 0 Å². The van der Waals surface area contributed by atoms with E-state index < -0.39 is 23.3 Å². The third kappa shape index (κ3) is 5.43. The quantitative estimate of drug-likeness (QED) is 0.650. The zero-order valence-corrected chi connectivity index (χ0v) is 12.6. The number of aliphatic carboxylic acids is 1. The average molecular weight is 308 g/mol. The Balaban J connectivity index is 2.34. The van der Waals surface area contributed by atoms with Crippen LogP contribution in [0.5, 0.6) is 5.75 Å². The van der Waals surface area contributed by atoms with Crippen molar-refractivity contribution >= 4 is 17.8 Å². The summed E-state index contributed by atoms with van der Waals surface area (Å²) < 4.78 is 5.22. The first-order chi connectivity index (χ1) is 10.4. The van der Waals surface area contributed by atoms with Crippen molar-refractivity contribution in [3.63, 3.8) is 0 Å². The van der Waals surface area contributed by atoms with Gasteiger partial charge in [0.1, 0.15) is 11.3 Å². The lowest BCUT2D eigenvalue weighted by Crippen LogP contribution is -2.54. The predicted molar refractivity (Wildman–Crippen MR) is 79.4 cm³/mol. The van der Waals surface area contributed by atoms with Gasteiger partial charge in [0, 0.05) is 0 Å². The zero-order valence-electron chi connectivity index (χ0n) is 12.6. The molecule has 1 unspecified atom stereocenters. The molecule has 1 aromatic carbocycles. The molecule has 0 fully saturated rings. The lowest BCUT2D eigenvalue weighted by molar-refractivity contribution is -0.146. The van der Waals surface area contributed by atoms with Gasteiger partial charge in [0.15, 0.2) is 6.61 Å². The summed E-state index contributed by atoms with van der Waals surface area (Å²) in [7, 11) is 0. The molecular formula is C15H20N2O5. The highest BCUT2D eigenvalue weighted by Crippen LogP contribution is 2.09. The largest absolute Gasteiger partial charge is 0.484 e. The van der Waals surface area contributed by atoms with Gasteiger partial charge in [0.05, 0.1) is 6.54 Å². The van der Waals surface area contributed by atoms with Gasteiger partial charge in [0.25, 0.3) is 5.91 Å². The van der Waals surface area contributed by atoms with Crippen molar-refractivity contribution in [3.05, 3.63) is 30.3 Å². The van der Waals surface area contributed by atoms with Gasteiger partial charge in [-0.3, -0.25) is 9.59 Å². The van der Waals surface area contributed by atoms with Crippen LogP contribution in [0.15, 0.2) is 30.3 Å². The second-order valence-corrected chi connectivity index (χ2v) is 4.92. The van der Waals surface area contributed by atoms with E-state index in [2.05, 4.69) is 10.6 Å². The number of carbonyl (C=O) groups excluding carboxylic acids is 2. The maximum absolute atomic E-state index is 11.7. The van der Waals surface area contributed by atoms with Crippen LogP contribution in [0.2, 0.25) is 0 Å². The number of rotatable bonds is 8. The molecule has 0 radical (unpaired) electrons. The van der Waals surface area contributed by atoms with Crippen LogP contribution in [-0.4, -0.2) is 41.6 Å². The Morgan fingerprint density at radius 2 is 1.82 bits per heavy atom. The van der Waals surface area contributed by atoms with Gasteiger partial charge in [-0.25, -0.2) is 4.79 Å². The van der Waals surface area contributed by atoms with Gasteiger partial charge in [-0.15, -0.1) is 0 Å². The number of carboxylic acid groups (broad SMARTS) is 1. The predicted octanol–water partition coefficient (Wildman–Crippen LogP) is 0.551. The summed E-state index contributed by atoms with van der Waals surface area (Å²) in [6.45, 7) is 2.54. The van der Waals surface area contributed by atoms with Gasteiger partial charge >= 0.3 is 5.97 Å². The molecule has 120 valence electrons. The van der Waals surface area contributed by atoms with Crippen molar-refractivity contribution in [2.24, 2.45) is 0 Å². The van der Waals surface area contributed by atoms with Crippen molar-refractivity contribution < 1.29 is 24.2 Å². The number of para-hydroxylation sites is 1. The van der Waals surface area contributed by atoms with Gasteiger partial charge in [-0.1, -0.05) is 25.1 Å². The number of hydrogen-bond acceptors (Lipinski definition) is 4. The number of hydrogen-bond donors (Lipinski definition) is 3. The minimum absolute atomic E-state index is 0.221. The topological polar surface area (TPSA) is 105 Å². The van der Waals surface area contributed by atoms with E-state index in [-0.39, 0.29) is 19.6 Å². The van der Waals surface area contributed by atoms with Crippen LogP contribution in [0.4, 0.5) is 0 Å². The molecule has 0 aliphatic rings. The minimum atomic E-state index is -1.34. The monoisotopic (exact) mass is 308 g/mol. The SMILES string of the molecule is CCC(C)(NC(=O)CNC(=O)COc1ccccc1)C(=O)O. The highest BCUT2D eigenvalue weighted by atomic mass is 16.5. The van der Waals surface area contributed by atoms with E-state index in [0.29, 0.717) is 5.75 Å². The van der Waals surface area contributed by atoms with E-state index in [1.807, 2.05) is 6.07 Å². The Morgan fingerprint density at radius 1 is 1.18 bits per heavy atom. The Morgan fingerprint density at radius 3 is 2.36 bits per heavy atom. The second kappa shape index (κ2) is 8.02. The highest BCUT2D eigenvalue weighted by molar-refractivity contribution is 5.89. The van der Waals surface area contributed by atoms with E-state index in [1.165, 1.54) is 6.92 Å². The number of carboxylic acids is 1. The van der Waals surface area contributed by atoms with E-state index in [4.69, 9.17) is 9.84 Å². The van der Waals surface area contributed by atoms with Crippen LogP contribution in [0, 0.1) is 0 Å². The summed E-state index contributed by atoms with van der Waals surface area (Å²) in [5.74, 6) is -1.61. The summed E-state index contributed by atoms with van der Waals surface area (Å²) in [4.78, 5) is 34.3. The summed E-state index contributed by atoms with van der Waals surface area (Å²) in [6.07, 6.45) is 0.235. The molecular weight excluding hydrogens is 288 g/mol. The standard InChI is InChI=1S/C15H20N2O5/c1-3-15(2,14(20)21)17-12(18)9-16-13(19)10-22-11-7-5-4-6-8-11/h4-8H,3,9-10H2,1-2H3,(H,16,19)(H,17,18)(H,20,21). The molecule has 0 saturated carbocycles. The van der Waals surface area contributed by atoms with E-state index in [1.54, 1.807) is 31.2 Å². The fraction of sp³-hybridized carbons (Fsp3) is 0.400. The fourth-order valence-electron chi connectivity index (χ4n) is 1.54. The Kier molecular flexibility index (Phi) is 6.37. The van der Waals surface area contributed by atoms with Crippen LogP contribution in [-0.2, 0) is 14.4 Å². The van der Waals surface area contributed by atoms with Gasteiger partial charge in [0.2, 0.25) is 5.91 Å². The Hall–Kier alpha value is -2.57. The van der Waals surface area contributed by atoms with Crippen molar-refractivity contribution in [1.29, 1.82) is 0 Å². The number of nitrogens with one attached hydrogen (secondary N) is 2. The third-order valence-electron chi connectivity index (χ3n) is 3.15. The van der Waals surface area contributed by atoms with E-state index >= 15 is 0 Å². The lowest BCUT2D eigenvalue weighted by atomic mass is 9.99. The first kappa shape index (κ1) is 17.5. The number of amides is 2. The molecule has 22 heavy (non-hydrogen) atoms. The Labute approximate surface area is 128 Å². The highest BCUT2D eigenvalue weighted by Gasteiger charge is 2.32. The molecule has 0 saturated heterocycles. The molecule has 7 heteroatoms. The van der Waals surface area contributed by atoms with Gasteiger partial charge < -0.3 is 20.5 Å². The van der Waals surface area contributed by atoms with E-state index in [0.717, 1.165) is 0 Å². The number of benzene rings is 1. The summed E-state index contributed by atoms with van der Waals surface area (Å²) in [5, 5.41) is 13.8. The van der Waals surface area contributed by atoms with E-state index in [9.17, 15) is 14.4 Å². The van der Waals surface area contributed by atoms with Gasteiger partial charge in [-0.2, -0.15) is 0 Å². The first-order valence-corrected chi connectivity index (χ1v) is 6.86. The molecule has 1 atom stereocenters. The molecule has 0 aliphatic heterocycles. The third-order valence-corrected chi connectivity index (χ3v) is 3.15. The summed E-state index contributed by atoms with van der Waals surface area (Å²) >= 11 is 0. The van der Waals surface area contributed by atoms with Crippen LogP contribution >= 0.6 is 0 Å². The van der Waals surface area contributed by atoms with Gasteiger partial charge in [-0.05, 0) is 25.5 Å². The smallest absolute Gasteiger partial charge is 0.329 e. The lowest BCUT2D eigenvalue weighted by Gasteiger charge is -2.24. The molecule has 1 aromatic rings. The van der Waals surface area contributed by atoms with Crippen molar-refractivity contribution in [2.75, 3.05) is 13.2 Å². The number of carbonyl (C=O) groups is 3. The van der Waals surface area contributed by atoms with Crippen molar-refractivity contribution in [3.8, 4) is 5.75 Å². The fourth-order valence-corrected chi connectivity index (χ4v) is 1.54. The molecule has 2 amide bonds. The van der Waals surface area contributed by atoms with Crippen LogP contribution in [0.25, 0.3) is 0 Å². The normalized spacial score (nSPS) is 12.8. The van der Waals surface area contributed by atoms with Crippen LogP contribution < -0.4 is 15.4 Å². The minimum Gasteiger partial charge on any atom is -0.484 e. The maximum atomic E-state index is 11.7. The molecule has 0 aromatic heterocycles. The summed E-state index contributed by atoms with van der Waals surface area (Å²) in [6, 6.07) is 8.79. The van der Waals surface area contributed by atoms with Crippen molar-refractivity contribution in [2.45, 2.75) is 25.8 Å². The maximum Gasteiger partial charge on any atom is 0.329 e. The number of ether oxygens (including phenoxy) is 1. The Bertz CT molecular complexity index is 532. The zero-order chi connectivity index (χ0) is 16.6. The molecule has 0 aliphatic carbocycles. The van der Waals surface area contributed by atoms with Crippen molar-refractivity contribution in [1.82, 2.24) is 10.6 Å². The molecule has 0 spiro atoms. The molecule has 3 N–H and O–H groups in total. The van der Waals surface area contributed by atoms with Crippen LogP contribution in [0.1, 0.15) is 20.3 Å². The molecule has 0 heterocycles. The molecule has 0 bridgehead atoms. The first-order valence-electron chi connectivity index (χ1n) is 6.86. The average Bonchev–Trinajstić information content (AvgIpc) is 2.51. The molecule has 1 rings (SSSR count). The molecule has 7 nitrogen and oxygen atoms in total.